The molecule has 0 bridgehead atoms. The molecule has 0 aliphatic carbocycles. The average molecular weight is 408 g/mol. The van der Waals surface area contributed by atoms with E-state index in [1.165, 1.54) is 23.3 Å². The van der Waals surface area contributed by atoms with E-state index in [1.807, 2.05) is 12.1 Å². The number of nitrogens with zero attached hydrogens (tertiary/aromatic N) is 1. The van der Waals surface area contributed by atoms with Crippen LogP contribution in [-0.2, 0) is 14.6 Å². The highest BCUT2D eigenvalue weighted by molar-refractivity contribution is 7.91. The number of anilines is 1. The van der Waals surface area contributed by atoms with Gasteiger partial charge in [-0.2, -0.15) is 8.78 Å². The summed E-state index contributed by atoms with van der Waals surface area (Å²) >= 11 is 0. The quantitative estimate of drug-likeness (QED) is 0.790. The van der Waals surface area contributed by atoms with E-state index < -0.39 is 20.5 Å². The molecular formula is C20H22F2N2O3S. The highest BCUT2D eigenvalue weighted by atomic mass is 32.2. The minimum Gasteiger partial charge on any atom is -0.325 e. The Balaban J connectivity index is 1.65. The molecule has 3 rings (SSSR count). The maximum Gasteiger partial charge on any atom is 0.341 e. The molecule has 0 radical (unpaired) electrons. The van der Waals surface area contributed by atoms with Crippen LogP contribution in [0.1, 0.15) is 30.0 Å². The first kappa shape index (κ1) is 20.4. The van der Waals surface area contributed by atoms with E-state index in [9.17, 15) is 22.0 Å². The summed E-state index contributed by atoms with van der Waals surface area (Å²) in [6.45, 7) is 3.08. The molecule has 1 heterocycles. The molecule has 1 saturated heterocycles. The molecule has 5 nitrogen and oxygen atoms in total. The normalized spacial score (nSPS) is 17.8. The van der Waals surface area contributed by atoms with Crippen molar-refractivity contribution in [2.75, 3.05) is 18.4 Å². The second kappa shape index (κ2) is 8.36. The van der Waals surface area contributed by atoms with Gasteiger partial charge in [0.15, 0.2) is 0 Å². The van der Waals surface area contributed by atoms with Crippen LogP contribution in [0.25, 0.3) is 0 Å². The van der Waals surface area contributed by atoms with Crippen LogP contribution in [-0.4, -0.2) is 38.1 Å². The second-order valence-corrected chi connectivity index (χ2v) is 8.78. The largest absolute Gasteiger partial charge is 0.341 e. The molecule has 0 aromatic heterocycles. The SMILES string of the molecule is Cc1ccccc1C1CCCN1CC(=O)Nc1ccc(S(=O)(=O)C(F)F)cc1. The van der Waals surface area contributed by atoms with Gasteiger partial charge in [-0.15, -0.1) is 0 Å². The third kappa shape index (κ3) is 4.39. The first-order valence-corrected chi connectivity index (χ1v) is 10.5. The van der Waals surface area contributed by atoms with Gasteiger partial charge < -0.3 is 5.32 Å². The Labute approximate surface area is 163 Å². The summed E-state index contributed by atoms with van der Waals surface area (Å²) < 4.78 is 48.1. The van der Waals surface area contributed by atoms with E-state index in [4.69, 9.17) is 0 Å². The van der Waals surface area contributed by atoms with E-state index in [0.29, 0.717) is 5.69 Å². The number of halogens is 2. The molecule has 28 heavy (non-hydrogen) atoms. The number of nitrogens with one attached hydrogen (secondary N) is 1. The van der Waals surface area contributed by atoms with Gasteiger partial charge in [0.05, 0.1) is 11.4 Å². The number of rotatable bonds is 6. The molecule has 2 aromatic rings. The number of hydrogen-bond donors (Lipinski definition) is 1. The van der Waals surface area contributed by atoms with Crippen LogP contribution in [0, 0.1) is 6.92 Å². The first-order valence-electron chi connectivity index (χ1n) is 9.00. The number of carbonyl (C=O) groups excluding carboxylic acids is 1. The molecule has 0 spiro atoms. The van der Waals surface area contributed by atoms with Gasteiger partial charge in [-0.1, -0.05) is 24.3 Å². The fourth-order valence-electron chi connectivity index (χ4n) is 3.54. The monoisotopic (exact) mass is 408 g/mol. The zero-order valence-corrected chi connectivity index (χ0v) is 16.3. The van der Waals surface area contributed by atoms with E-state index >= 15 is 0 Å². The van der Waals surface area contributed by atoms with Crippen LogP contribution in [0.5, 0.6) is 0 Å². The summed E-state index contributed by atoms with van der Waals surface area (Å²) in [4.78, 5) is 14.1. The number of amides is 1. The number of alkyl halides is 2. The van der Waals surface area contributed by atoms with Crippen molar-refractivity contribution in [3.63, 3.8) is 0 Å². The van der Waals surface area contributed by atoms with Crippen molar-refractivity contribution in [1.29, 1.82) is 0 Å². The molecule has 1 amide bonds. The maximum absolute atomic E-state index is 12.6. The molecule has 1 atom stereocenters. The van der Waals surface area contributed by atoms with Gasteiger partial charge in [-0.3, -0.25) is 9.69 Å². The minimum absolute atomic E-state index is 0.186. The van der Waals surface area contributed by atoms with Gasteiger partial charge in [0.2, 0.25) is 15.7 Å². The summed E-state index contributed by atoms with van der Waals surface area (Å²) in [6, 6.07) is 13.1. The Hall–Kier alpha value is -2.32. The molecule has 1 aliphatic rings. The molecule has 1 fully saturated rings. The van der Waals surface area contributed by atoms with Gasteiger partial charge in [-0.25, -0.2) is 8.42 Å². The van der Waals surface area contributed by atoms with Crippen molar-refractivity contribution >= 4 is 21.4 Å². The molecule has 2 aromatic carbocycles. The molecule has 1 N–H and O–H groups in total. The van der Waals surface area contributed by atoms with Crippen LogP contribution < -0.4 is 5.32 Å². The first-order chi connectivity index (χ1) is 13.3. The predicted molar refractivity (Wildman–Crippen MR) is 103 cm³/mol. The lowest BCUT2D eigenvalue weighted by atomic mass is 9.99. The summed E-state index contributed by atoms with van der Waals surface area (Å²) in [7, 11) is -4.64. The summed E-state index contributed by atoms with van der Waals surface area (Å²) in [5.41, 5.74) is 2.77. The number of aryl methyl sites for hydroxylation is 1. The van der Waals surface area contributed by atoms with Crippen molar-refractivity contribution in [3.8, 4) is 0 Å². The Morgan fingerprint density at radius 1 is 1.18 bits per heavy atom. The number of likely N-dealkylation sites (tertiary alicyclic amines) is 1. The number of hydrogen-bond acceptors (Lipinski definition) is 4. The van der Waals surface area contributed by atoms with Crippen molar-refractivity contribution in [2.45, 2.75) is 36.5 Å². The zero-order chi connectivity index (χ0) is 20.3. The lowest BCUT2D eigenvalue weighted by Crippen LogP contribution is -2.33. The third-order valence-electron chi connectivity index (χ3n) is 4.96. The molecule has 0 saturated carbocycles. The third-order valence-corrected chi connectivity index (χ3v) is 6.36. The van der Waals surface area contributed by atoms with E-state index in [2.05, 4.69) is 29.3 Å². The Kier molecular flexibility index (Phi) is 6.10. The summed E-state index contributed by atoms with van der Waals surface area (Å²) in [5.74, 6) is -3.70. The summed E-state index contributed by atoms with van der Waals surface area (Å²) in [6.07, 6.45) is 1.99. The van der Waals surface area contributed by atoms with Crippen molar-refractivity contribution in [3.05, 3.63) is 59.7 Å². The topological polar surface area (TPSA) is 66.5 Å². The van der Waals surface area contributed by atoms with E-state index in [1.54, 1.807) is 0 Å². The highest BCUT2D eigenvalue weighted by Gasteiger charge is 2.29. The fraction of sp³-hybridized carbons (Fsp3) is 0.350. The maximum atomic E-state index is 12.6. The minimum atomic E-state index is -4.64. The number of sulfone groups is 1. The Bertz CT molecular complexity index is 946. The lowest BCUT2D eigenvalue weighted by molar-refractivity contribution is -0.117. The van der Waals surface area contributed by atoms with Crippen molar-refractivity contribution in [2.24, 2.45) is 0 Å². The second-order valence-electron chi connectivity index (χ2n) is 6.86. The highest BCUT2D eigenvalue weighted by Crippen LogP contribution is 2.33. The zero-order valence-electron chi connectivity index (χ0n) is 15.4. The van der Waals surface area contributed by atoms with Gasteiger partial charge in [0.1, 0.15) is 0 Å². The lowest BCUT2D eigenvalue weighted by Gasteiger charge is -2.25. The van der Waals surface area contributed by atoms with Gasteiger partial charge in [0.25, 0.3) is 0 Å². The van der Waals surface area contributed by atoms with Crippen LogP contribution >= 0.6 is 0 Å². The van der Waals surface area contributed by atoms with E-state index in [-0.39, 0.29) is 18.5 Å². The van der Waals surface area contributed by atoms with Crippen molar-refractivity contribution < 1.29 is 22.0 Å². The van der Waals surface area contributed by atoms with Gasteiger partial charge in [0, 0.05) is 11.7 Å². The average Bonchev–Trinajstić information content (AvgIpc) is 3.10. The number of benzene rings is 2. The van der Waals surface area contributed by atoms with Crippen LogP contribution in [0.15, 0.2) is 53.4 Å². The molecular weight excluding hydrogens is 386 g/mol. The van der Waals surface area contributed by atoms with Crippen LogP contribution in [0.4, 0.5) is 14.5 Å². The molecule has 150 valence electrons. The molecule has 1 aliphatic heterocycles. The molecule has 8 heteroatoms. The van der Waals surface area contributed by atoms with Crippen LogP contribution in [0.3, 0.4) is 0 Å². The van der Waals surface area contributed by atoms with Crippen LogP contribution in [0.2, 0.25) is 0 Å². The van der Waals surface area contributed by atoms with Gasteiger partial charge in [-0.05, 0) is 61.7 Å². The van der Waals surface area contributed by atoms with Crippen molar-refractivity contribution in [1.82, 2.24) is 4.90 Å². The van der Waals surface area contributed by atoms with Gasteiger partial charge >= 0.3 is 5.76 Å². The van der Waals surface area contributed by atoms with E-state index in [0.717, 1.165) is 31.5 Å². The Morgan fingerprint density at radius 3 is 2.50 bits per heavy atom. The predicted octanol–water partition coefficient (Wildman–Crippen LogP) is 3.77. The summed E-state index contributed by atoms with van der Waals surface area (Å²) in [5, 5.41) is 2.70. The smallest absolute Gasteiger partial charge is 0.325 e. The molecule has 1 unspecified atom stereocenters. The standard InChI is InChI=1S/C20H22F2N2O3S/c1-14-5-2-3-6-17(14)18-7-4-12-24(18)13-19(25)23-15-8-10-16(11-9-15)28(26,27)20(21)22/h2-3,5-6,8-11,18,20H,4,7,12-13H2,1H3,(H,23,25). The Morgan fingerprint density at radius 2 is 1.86 bits per heavy atom. The number of carbonyl (C=O) groups is 1. The fourth-order valence-corrected chi connectivity index (χ4v) is 4.27.